The van der Waals surface area contributed by atoms with Crippen molar-refractivity contribution in [1.29, 1.82) is 0 Å². The maximum atomic E-state index is 6.57. The van der Waals surface area contributed by atoms with E-state index in [4.69, 9.17) is 25.9 Å². The molecule has 0 saturated heterocycles. The monoisotopic (exact) mass is 418 g/mol. The minimum absolute atomic E-state index is 0.521. The summed E-state index contributed by atoms with van der Waals surface area (Å²) in [6, 6.07) is 9.97. The van der Waals surface area contributed by atoms with Crippen molar-refractivity contribution in [3.05, 3.63) is 30.3 Å². The Kier molecular flexibility index (Phi) is 9.86. The zero-order chi connectivity index (χ0) is 19.7. The van der Waals surface area contributed by atoms with Crippen LogP contribution < -0.4 is 5.19 Å². The first kappa shape index (κ1) is 23.7. The van der Waals surface area contributed by atoms with Gasteiger partial charge in [0.05, 0.1) is 0 Å². The molecule has 1 aromatic carbocycles. The molecule has 26 heavy (non-hydrogen) atoms. The summed E-state index contributed by atoms with van der Waals surface area (Å²) >= 11 is 0. The summed E-state index contributed by atoms with van der Waals surface area (Å²) in [5, 5.41) is 0.997. The fourth-order valence-electron chi connectivity index (χ4n) is 2.84. The van der Waals surface area contributed by atoms with E-state index in [2.05, 4.69) is 0 Å². The van der Waals surface area contributed by atoms with E-state index in [0.29, 0.717) is 26.4 Å². The van der Waals surface area contributed by atoms with Gasteiger partial charge in [0.2, 0.25) is 0 Å². The molecule has 0 amide bonds. The largest absolute Gasteiger partial charge is 0.488 e. The molecule has 0 spiro atoms. The smallest absolute Gasteiger partial charge is 0.390 e. The molecule has 0 aliphatic rings. The highest BCUT2D eigenvalue weighted by molar-refractivity contribution is 6.91. The topological polar surface area (TPSA) is 55.4 Å². The van der Waals surface area contributed by atoms with Crippen LogP contribution in [0.3, 0.4) is 0 Å². The lowest BCUT2D eigenvalue weighted by Crippen LogP contribution is -2.65. The molecule has 0 aliphatic heterocycles. The zero-order valence-electron chi connectivity index (χ0n) is 17.2. The molecule has 6 nitrogen and oxygen atoms in total. The van der Waals surface area contributed by atoms with E-state index in [0.717, 1.165) is 5.19 Å². The first-order chi connectivity index (χ1) is 12.3. The molecule has 0 unspecified atom stereocenters. The Morgan fingerprint density at radius 1 is 0.615 bits per heavy atom. The molecule has 0 bridgehead atoms. The van der Waals surface area contributed by atoms with Crippen LogP contribution in [0, 0.1) is 0 Å². The molecule has 0 aliphatic carbocycles. The summed E-state index contributed by atoms with van der Waals surface area (Å²) in [7, 11) is -8.65. The summed E-state index contributed by atoms with van der Waals surface area (Å²) in [5.74, 6) is 0. The molecule has 1 aromatic rings. The van der Waals surface area contributed by atoms with E-state index < -0.39 is 26.2 Å². The number of hydrogen-bond donors (Lipinski definition) is 0. The van der Waals surface area contributed by atoms with Crippen molar-refractivity contribution in [1.82, 2.24) is 0 Å². The fourth-order valence-corrected chi connectivity index (χ4v) is 14.0. The van der Waals surface area contributed by atoms with Crippen molar-refractivity contribution in [2.24, 2.45) is 0 Å². The van der Waals surface area contributed by atoms with Crippen molar-refractivity contribution in [3.8, 4) is 0 Å². The van der Waals surface area contributed by atoms with Gasteiger partial charge in [-0.25, -0.2) is 0 Å². The van der Waals surface area contributed by atoms with Crippen molar-refractivity contribution < 1.29 is 25.9 Å². The Labute approximate surface area is 161 Å². The third-order valence-corrected chi connectivity index (χ3v) is 14.4. The Morgan fingerprint density at radius 2 is 0.962 bits per heavy atom. The van der Waals surface area contributed by atoms with E-state index in [-0.39, 0.29) is 0 Å². The van der Waals surface area contributed by atoms with E-state index in [1.165, 1.54) is 0 Å². The van der Waals surface area contributed by atoms with Gasteiger partial charge in [0.15, 0.2) is 0 Å². The molecular formula is C17H34O6Si3. The Bertz CT molecular complexity index is 480. The fraction of sp³-hybridized carbons (Fsp3) is 0.647. The molecule has 0 heterocycles. The Morgan fingerprint density at radius 3 is 1.27 bits per heavy atom. The summed E-state index contributed by atoms with van der Waals surface area (Å²) < 4.78 is 36.8. The van der Waals surface area contributed by atoms with E-state index in [1.54, 1.807) is 0 Å². The minimum atomic E-state index is -2.92. The lowest BCUT2D eigenvalue weighted by molar-refractivity contribution is 0.0898. The number of rotatable bonds is 13. The standard InChI is InChI=1S/C17H34O6Si3/c1-8-18-25(6,19-9-2)22-24(5,17-15-13-12-14-16-17)23-26(7,20-10-3)21-11-4/h12-16H,8-11H2,1-7H3. The summed E-state index contributed by atoms with van der Waals surface area (Å²) in [4.78, 5) is 0. The predicted molar refractivity (Wildman–Crippen MR) is 110 cm³/mol. The van der Waals surface area contributed by atoms with Gasteiger partial charge in [0, 0.05) is 39.5 Å². The summed E-state index contributed by atoms with van der Waals surface area (Å²) in [5.41, 5.74) is 0. The van der Waals surface area contributed by atoms with Gasteiger partial charge in [-0.2, -0.15) is 0 Å². The van der Waals surface area contributed by atoms with E-state index >= 15 is 0 Å². The molecule has 0 radical (unpaired) electrons. The van der Waals surface area contributed by atoms with Crippen LogP contribution in [0.4, 0.5) is 0 Å². The highest BCUT2D eigenvalue weighted by atomic mass is 28.5. The van der Waals surface area contributed by atoms with Crippen LogP contribution in [0.1, 0.15) is 27.7 Å². The van der Waals surface area contributed by atoms with Crippen LogP contribution in [0.5, 0.6) is 0 Å². The summed E-state index contributed by atoms with van der Waals surface area (Å²) in [6.07, 6.45) is 0. The molecule has 0 N–H and O–H groups in total. The predicted octanol–water partition coefficient (Wildman–Crippen LogP) is 3.28. The lowest BCUT2D eigenvalue weighted by atomic mass is 10.4. The highest BCUT2D eigenvalue weighted by Crippen LogP contribution is 2.24. The van der Waals surface area contributed by atoms with E-state index in [1.807, 2.05) is 77.7 Å². The molecule has 1 rings (SSSR count). The SMILES string of the molecule is CCO[Si](C)(OCC)O[Si](C)(O[Si](C)(OCC)OCC)c1ccccc1. The Balaban J connectivity index is 3.26. The third kappa shape index (κ3) is 6.98. The Hall–Kier alpha value is -0.369. The maximum absolute atomic E-state index is 6.57. The van der Waals surface area contributed by atoms with Crippen LogP contribution in [0.2, 0.25) is 19.6 Å². The first-order valence-electron chi connectivity index (χ1n) is 9.28. The molecule has 0 saturated carbocycles. The third-order valence-electron chi connectivity index (χ3n) is 3.68. The normalized spacial score (nSPS) is 13.2. The van der Waals surface area contributed by atoms with E-state index in [9.17, 15) is 0 Å². The van der Waals surface area contributed by atoms with Crippen LogP contribution in [0.15, 0.2) is 30.3 Å². The highest BCUT2D eigenvalue weighted by Gasteiger charge is 2.52. The number of benzene rings is 1. The molecule has 150 valence electrons. The second kappa shape index (κ2) is 10.8. The van der Waals surface area contributed by atoms with Gasteiger partial charge in [-0.15, -0.1) is 0 Å². The molecule has 0 aromatic heterocycles. The van der Waals surface area contributed by atoms with Gasteiger partial charge in [0.1, 0.15) is 0 Å². The quantitative estimate of drug-likeness (QED) is 0.458. The molecule has 0 atom stereocenters. The van der Waals surface area contributed by atoms with Gasteiger partial charge < -0.3 is 25.9 Å². The average Bonchev–Trinajstić information content (AvgIpc) is 2.56. The lowest BCUT2D eigenvalue weighted by Gasteiger charge is -2.40. The molecule has 9 heteroatoms. The molecule has 0 fully saturated rings. The van der Waals surface area contributed by atoms with Crippen LogP contribution in [-0.4, -0.2) is 52.6 Å². The number of hydrogen-bond acceptors (Lipinski definition) is 6. The summed E-state index contributed by atoms with van der Waals surface area (Å²) in [6.45, 7) is 15.7. The van der Waals surface area contributed by atoms with Gasteiger partial charge in [-0.05, 0) is 39.4 Å². The van der Waals surface area contributed by atoms with Crippen molar-refractivity contribution in [3.63, 3.8) is 0 Å². The second-order valence-corrected chi connectivity index (χ2v) is 14.7. The van der Waals surface area contributed by atoms with Crippen molar-refractivity contribution in [2.45, 2.75) is 47.3 Å². The minimum Gasteiger partial charge on any atom is -0.390 e. The van der Waals surface area contributed by atoms with Crippen LogP contribution in [-0.2, 0) is 25.9 Å². The maximum Gasteiger partial charge on any atom is 0.488 e. The van der Waals surface area contributed by atoms with Gasteiger partial charge in [-0.3, -0.25) is 0 Å². The first-order valence-corrected chi connectivity index (χ1v) is 16.0. The molecular weight excluding hydrogens is 384 g/mol. The van der Waals surface area contributed by atoms with Crippen molar-refractivity contribution in [2.75, 3.05) is 26.4 Å². The zero-order valence-corrected chi connectivity index (χ0v) is 20.2. The van der Waals surface area contributed by atoms with Crippen LogP contribution >= 0.6 is 0 Å². The van der Waals surface area contributed by atoms with Gasteiger partial charge in [0.25, 0.3) is 0 Å². The van der Waals surface area contributed by atoms with Gasteiger partial charge in [-0.1, -0.05) is 30.3 Å². The second-order valence-electron chi connectivity index (χ2n) is 5.97. The average molecular weight is 419 g/mol. The van der Waals surface area contributed by atoms with Crippen LogP contribution in [0.25, 0.3) is 0 Å². The van der Waals surface area contributed by atoms with Gasteiger partial charge >= 0.3 is 26.2 Å². The van der Waals surface area contributed by atoms with Crippen molar-refractivity contribution >= 4 is 31.4 Å².